The number of H-pyrrole nitrogens is 1. The maximum absolute atomic E-state index is 13.7. The number of nitrogens with zero attached hydrogens (tertiary/aromatic N) is 2. The van der Waals surface area contributed by atoms with Gasteiger partial charge in [0, 0.05) is 58.6 Å². The third-order valence-electron chi connectivity index (χ3n) is 6.70. The summed E-state index contributed by atoms with van der Waals surface area (Å²) < 4.78 is 2.21. The summed E-state index contributed by atoms with van der Waals surface area (Å²) in [5.41, 5.74) is 7.80. The van der Waals surface area contributed by atoms with Gasteiger partial charge in [-0.3, -0.25) is 9.59 Å². The van der Waals surface area contributed by atoms with E-state index in [2.05, 4.69) is 64.1 Å². The fourth-order valence-corrected chi connectivity index (χ4v) is 4.99. The predicted octanol–water partition coefficient (Wildman–Crippen LogP) is 5.35. The van der Waals surface area contributed by atoms with Crippen LogP contribution in [-0.2, 0) is 19.5 Å². The molecule has 1 amide bonds. The number of rotatable bonds is 8. The Morgan fingerprint density at radius 2 is 1.92 bits per heavy atom. The minimum Gasteiger partial charge on any atom is -0.348 e. The lowest BCUT2D eigenvalue weighted by Gasteiger charge is -2.14. The molecule has 4 aromatic rings. The first-order valence-electron chi connectivity index (χ1n) is 12.8. The molecule has 37 heavy (non-hydrogen) atoms. The molecule has 0 aliphatic carbocycles. The smallest absolute Gasteiger partial charge is 0.253 e. The number of nitrogens with one attached hydrogen (secondary N) is 2. The Bertz CT molecular complexity index is 1510. The number of fused-ring (bicyclic) bond motifs is 1. The summed E-state index contributed by atoms with van der Waals surface area (Å²) in [6.07, 6.45) is 2.83. The molecule has 192 valence electrons. The van der Waals surface area contributed by atoms with Gasteiger partial charge in [0.05, 0.1) is 0 Å². The van der Waals surface area contributed by atoms with Gasteiger partial charge in [0.25, 0.3) is 11.5 Å². The van der Waals surface area contributed by atoms with E-state index in [0.717, 1.165) is 57.4 Å². The Kier molecular flexibility index (Phi) is 7.56. The molecular formula is C31H36N4O2. The number of aromatic amines is 1. The topological polar surface area (TPSA) is 70.1 Å². The average Bonchev–Trinajstić information content (AvgIpc) is 3.18. The summed E-state index contributed by atoms with van der Waals surface area (Å²) in [6.45, 7) is 11.2. The maximum atomic E-state index is 13.7. The van der Waals surface area contributed by atoms with Crippen molar-refractivity contribution in [3.05, 3.63) is 92.5 Å². The van der Waals surface area contributed by atoms with E-state index < -0.39 is 0 Å². The van der Waals surface area contributed by atoms with E-state index in [1.54, 1.807) is 0 Å². The van der Waals surface area contributed by atoms with Crippen molar-refractivity contribution < 1.29 is 4.79 Å². The van der Waals surface area contributed by atoms with Crippen molar-refractivity contribution in [3.8, 4) is 11.1 Å². The Balaban J connectivity index is 1.80. The molecule has 0 atom stereocenters. The van der Waals surface area contributed by atoms with Gasteiger partial charge < -0.3 is 19.8 Å². The Labute approximate surface area is 219 Å². The van der Waals surface area contributed by atoms with Gasteiger partial charge in [0.2, 0.25) is 0 Å². The number of carbonyl (C=O) groups is 1. The maximum Gasteiger partial charge on any atom is 0.253 e. The Morgan fingerprint density at radius 1 is 1.16 bits per heavy atom. The first kappa shape index (κ1) is 26.2. The highest BCUT2D eigenvalue weighted by Gasteiger charge is 2.20. The van der Waals surface area contributed by atoms with Gasteiger partial charge in [0.1, 0.15) is 0 Å². The third-order valence-corrected chi connectivity index (χ3v) is 6.70. The highest BCUT2D eigenvalue weighted by Crippen LogP contribution is 2.33. The van der Waals surface area contributed by atoms with Crippen LogP contribution in [0.15, 0.2) is 41.3 Å². The quantitative estimate of drug-likeness (QED) is 0.346. The van der Waals surface area contributed by atoms with E-state index in [1.165, 1.54) is 0 Å². The van der Waals surface area contributed by atoms with Gasteiger partial charge in [0.15, 0.2) is 0 Å². The van der Waals surface area contributed by atoms with Crippen molar-refractivity contribution in [3.63, 3.8) is 0 Å². The molecule has 0 fully saturated rings. The van der Waals surface area contributed by atoms with Crippen LogP contribution in [0.3, 0.4) is 0 Å². The number of carbonyl (C=O) groups excluding carboxylic acids is 1. The summed E-state index contributed by atoms with van der Waals surface area (Å²) in [4.78, 5) is 31.3. The van der Waals surface area contributed by atoms with Crippen LogP contribution in [0.5, 0.6) is 0 Å². The van der Waals surface area contributed by atoms with Crippen molar-refractivity contribution in [2.45, 2.75) is 60.2 Å². The lowest BCUT2D eigenvalue weighted by atomic mass is 9.97. The standard InChI is InChI=1S/C31H36N4O2/c1-8-23-12-21(5)33-31(37)27(23)16-32-30(36)26-14-25(24-11-9-10-22(13-24)18-34(6)7)15-28-29(26)20(4)17-35(28)19(2)3/h10,12-15,17,19H,8,16,18H2,1-7H3,(H,32,36)(H,33,37). The molecule has 0 aliphatic rings. The van der Waals surface area contributed by atoms with Crippen LogP contribution >= 0.6 is 0 Å². The normalized spacial score (nSPS) is 11.4. The van der Waals surface area contributed by atoms with E-state index in [9.17, 15) is 9.59 Å². The molecule has 0 bridgehead atoms. The van der Waals surface area contributed by atoms with E-state index in [1.807, 2.05) is 53.1 Å². The molecule has 6 heteroatoms. The first-order valence-corrected chi connectivity index (χ1v) is 12.8. The monoisotopic (exact) mass is 496 g/mol. The van der Waals surface area contributed by atoms with Crippen LogP contribution in [-0.4, -0.2) is 34.5 Å². The van der Waals surface area contributed by atoms with Gasteiger partial charge in [-0.1, -0.05) is 19.1 Å². The predicted molar refractivity (Wildman–Crippen MR) is 150 cm³/mol. The van der Waals surface area contributed by atoms with Crippen LogP contribution < -0.4 is 10.9 Å². The lowest BCUT2D eigenvalue weighted by molar-refractivity contribution is 0.0952. The highest BCUT2D eigenvalue weighted by molar-refractivity contribution is 6.09. The van der Waals surface area contributed by atoms with Gasteiger partial charge in [-0.05, 0) is 101 Å². The minimum atomic E-state index is -0.202. The molecule has 0 aliphatic heterocycles. The molecule has 0 unspecified atom stereocenters. The van der Waals surface area contributed by atoms with Crippen molar-refractivity contribution in [2.75, 3.05) is 14.1 Å². The Hall–Kier alpha value is -3.82. The average molecular weight is 497 g/mol. The van der Waals surface area contributed by atoms with E-state index in [4.69, 9.17) is 0 Å². The zero-order chi connectivity index (χ0) is 26.9. The lowest BCUT2D eigenvalue weighted by Crippen LogP contribution is -2.28. The van der Waals surface area contributed by atoms with Crippen molar-refractivity contribution in [2.24, 2.45) is 0 Å². The summed E-state index contributed by atoms with van der Waals surface area (Å²) in [6, 6.07) is 16.7. The molecule has 0 radical (unpaired) electrons. The summed E-state index contributed by atoms with van der Waals surface area (Å²) in [5.74, 6) is -0.202. The third kappa shape index (κ3) is 5.47. The number of hydrogen-bond donors (Lipinski definition) is 2. The zero-order valence-corrected chi connectivity index (χ0v) is 22.9. The van der Waals surface area contributed by atoms with Crippen LogP contribution in [0.2, 0.25) is 0 Å². The molecule has 0 saturated heterocycles. The Morgan fingerprint density at radius 3 is 2.59 bits per heavy atom. The number of benzene rings is 1. The molecule has 2 N–H and O–H groups in total. The van der Waals surface area contributed by atoms with Crippen molar-refractivity contribution >= 4 is 16.8 Å². The molecule has 0 spiro atoms. The summed E-state index contributed by atoms with van der Waals surface area (Å²) in [7, 11) is 4.07. The number of aromatic nitrogens is 2. The second-order valence-electron chi connectivity index (χ2n) is 10.3. The fourth-order valence-electron chi connectivity index (χ4n) is 4.99. The molecule has 2 aromatic heterocycles. The molecular weight excluding hydrogens is 460 g/mol. The number of hydrogen-bond acceptors (Lipinski definition) is 3. The number of aryl methyl sites for hydroxylation is 3. The second-order valence-corrected chi connectivity index (χ2v) is 10.3. The SMILES string of the molecule is CCc1cc(C)[nH]c(=O)c1CNC(=O)c1cc(-c2c#ccc(CN(C)C)c2)cc2c1c(C)cn2C(C)C. The van der Waals surface area contributed by atoms with Crippen molar-refractivity contribution in [1.29, 1.82) is 0 Å². The van der Waals surface area contributed by atoms with Crippen LogP contribution in [0.1, 0.15) is 65.1 Å². The molecule has 0 saturated carbocycles. The molecule has 2 aromatic carbocycles. The zero-order valence-electron chi connectivity index (χ0n) is 22.9. The first-order chi connectivity index (χ1) is 17.6. The highest BCUT2D eigenvalue weighted by atomic mass is 16.1. The minimum absolute atomic E-state index is 0.152. The van der Waals surface area contributed by atoms with Crippen molar-refractivity contribution in [1.82, 2.24) is 19.8 Å². The van der Waals surface area contributed by atoms with E-state index >= 15 is 0 Å². The fraction of sp³-hybridized carbons (Fsp3) is 0.355. The number of amides is 1. The second kappa shape index (κ2) is 10.7. The van der Waals surface area contributed by atoms with Gasteiger partial charge in [-0.2, -0.15) is 0 Å². The van der Waals surface area contributed by atoms with Crippen LogP contribution in [0.4, 0.5) is 0 Å². The van der Waals surface area contributed by atoms with Crippen LogP contribution in [0, 0.1) is 26.0 Å². The van der Waals surface area contributed by atoms with E-state index in [0.29, 0.717) is 11.1 Å². The van der Waals surface area contributed by atoms with E-state index in [-0.39, 0.29) is 24.1 Å². The van der Waals surface area contributed by atoms with Gasteiger partial charge >= 0.3 is 0 Å². The van der Waals surface area contributed by atoms with Gasteiger partial charge in [-0.15, -0.1) is 0 Å². The summed E-state index contributed by atoms with van der Waals surface area (Å²) >= 11 is 0. The molecule has 6 nitrogen and oxygen atoms in total. The molecule has 4 rings (SSSR count). The number of pyridine rings is 1. The molecule has 2 heterocycles. The van der Waals surface area contributed by atoms with Crippen LogP contribution in [0.25, 0.3) is 22.0 Å². The summed E-state index contributed by atoms with van der Waals surface area (Å²) in [5, 5.41) is 3.96. The largest absolute Gasteiger partial charge is 0.348 e. The van der Waals surface area contributed by atoms with Gasteiger partial charge in [-0.25, -0.2) is 0 Å².